The molecule has 0 aliphatic heterocycles. The molecular weight excluding hydrogens is 262 g/mol. The zero-order chi connectivity index (χ0) is 14.4. The number of ether oxygens (including phenoxy) is 1. The van der Waals surface area contributed by atoms with Crippen molar-refractivity contribution in [1.29, 1.82) is 0 Å². The smallest absolute Gasteiger partial charge is 0.224 e. The monoisotopic (exact) mass is 275 g/mol. The second kappa shape index (κ2) is 4.35. The molecule has 0 bridgehead atoms. The lowest BCUT2D eigenvalue weighted by atomic mass is 9.98. The highest BCUT2D eigenvalue weighted by Gasteiger charge is 2.10. The first kappa shape index (κ1) is 12.0. The molecule has 0 aliphatic rings. The molecule has 0 N–H and O–H groups in total. The van der Waals surface area contributed by atoms with Crippen LogP contribution < -0.4 is 9.47 Å². The summed E-state index contributed by atoms with van der Waals surface area (Å²) in [6, 6.07) is 17.8. The maximum atomic E-state index is 12.0. The summed E-state index contributed by atoms with van der Waals surface area (Å²) in [4.78, 5) is 0. The van der Waals surface area contributed by atoms with E-state index >= 15 is 0 Å². The van der Waals surface area contributed by atoms with Crippen LogP contribution in [0, 0.1) is 5.21 Å². The molecule has 0 unspecified atom stereocenters. The molecule has 3 aromatic carbocycles. The van der Waals surface area contributed by atoms with Crippen LogP contribution in [0.2, 0.25) is 0 Å². The zero-order valence-corrected chi connectivity index (χ0v) is 11.5. The Morgan fingerprint density at radius 3 is 2.52 bits per heavy atom. The quantitative estimate of drug-likeness (QED) is 0.301. The van der Waals surface area contributed by atoms with Gasteiger partial charge in [0.25, 0.3) is 0 Å². The van der Waals surface area contributed by atoms with E-state index in [0.717, 1.165) is 37.4 Å². The fraction of sp³-hybridized carbons (Fsp3) is 0.0556. The number of aromatic nitrogens is 1. The fourth-order valence-corrected chi connectivity index (χ4v) is 2.93. The Balaban J connectivity index is 2.29. The van der Waals surface area contributed by atoms with Crippen LogP contribution in [0.4, 0.5) is 0 Å². The number of fused-ring (bicyclic) bond motifs is 5. The number of nitrogens with zero attached hydrogens (tertiary/aromatic N) is 1. The highest BCUT2D eigenvalue weighted by Crippen LogP contribution is 2.32. The van der Waals surface area contributed by atoms with Gasteiger partial charge in [-0.25, -0.2) is 0 Å². The van der Waals surface area contributed by atoms with Gasteiger partial charge in [0.2, 0.25) is 5.52 Å². The second-order valence-electron chi connectivity index (χ2n) is 5.08. The average molecular weight is 275 g/mol. The topological polar surface area (TPSA) is 36.2 Å². The summed E-state index contributed by atoms with van der Waals surface area (Å²) in [6.45, 7) is 0. The summed E-state index contributed by atoms with van der Waals surface area (Å²) in [6.07, 6.45) is 1.53. The molecule has 21 heavy (non-hydrogen) atoms. The van der Waals surface area contributed by atoms with Gasteiger partial charge in [-0.2, -0.15) is 4.73 Å². The van der Waals surface area contributed by atoms with E-state index in [4.69, 9.17) is 4.74 Å². The number of pyridine rings is 1. The predicted molar refractivity (Wildman–Crippen MR) is 84.5 cm³/mol. The molecule has 0 fully saturated rings. The zero-order valence-electron chi connectivity index (χ0n) is 11.5. The summed E-state index contributed by atoms with van der Waals surface area (Å²) in [7, 11) is 1.66. The van der Waals surface area contributed by atoms with Gasteiger partial charge in [-0.3, -0.25) is 0 Å². The molecular formula is C18H13NO2. The van der Waals surface area contributed by atoms with E-state index in [-0.39, 0.29) is 0 Å². The van der Waals surface area contributed by atoms with Gasteiger partial charge in [-0.15, -0.1) is 0 Å². The number of benzene rings is 3. The van der Waals surface area contributed by atoms with Crippen LogP contribution in [0.25, 0.3) is 32.4 Å². The first-order chi connectivity index (χ1) is 10.3. The summed E-state index contributed by atoms with van der Waals surface area (Å²) in [5.41, 5.74) is 0.681. The van der Waals surface area contributed by atoms with Crippen molar-refractivity contribution in [1.82, 2.24) is 0 Å². The molecule has 4 rings (SSSR count). The molecule has 102 valence electrons. The molecule has 0 atom stereocenters. The molecule has 1 heterocycles. The van der Waals surface area contributed by atoms with E-state index in [9.17, 15) is 5.21 Å². The predicted octanol–water partition coefficient (Wildman–Crippen LogP) is 3.79. The van der Waals surface area contributed by atoms with Crippen LogP contribution in [0.5, 0.6) is 5.75 Å². The lowest BCUT2D eigenvalue weighted by Crippen LogP contribution is -2.25. The average Bonchev–Trinajstić information content (AvgIpc) is 2.54. The maximum absolute atomic E-state index is 12.0. The van der Waals surface area contributed by atoms with Crippen LogP contribution in [0.1, 0.15) is 0 Å². The van der Waals surface area contributed by atoms with Crippen molar-refractivity contribution < 1.29 is 9.47 Å². The first-order valence-electron chi connectivity index (χ1n) is 6.79. The van der Waals surface area contributed by atoms with Crippen molar-refractivity contribution in [2.75, 3.05) is 7.11 Å². The van der Waals surface area contributed by atoms with Gasteiger partial charge in [0.15, 0.2) is 6.20 Å². The molecule has 0 amide bonds. The van der Waals surface area contributed by atoms with E-state index in [2.05, 4.69) is 12.1 Å². The minimum Gasteiger partial charge on any atom is -0.618 e. The lowest BCUT2D eigenvalue weighted by Gasteiger charge is -2.09. The minimum absolute atomic E-state index is 0.681. The Bertz CT molecular complexity index is 992. The SMILES string of the molecule is COc1ccc2ccc3ccc4c(ccc[n+]4[O-])c3c2c1. The van der Waals surface area contributed by atoms with Gasteiger partial charge in [0, 0.05) is 17.5 Å². The third kappa shape index (κ3) is 1.71. The Hall–Kier alpha value is -2.81. The van der Waals surface area contributed by atoms with Crippen LogP contribution in [0.15, 0.2) is 60.8 Å². The van der Waals surface area contributed by atoms with Crippen LogP contribution in [-0.4, -0.2) is 7.11 Å². The normalized spacial score (nSPS) is 11.3. The third-order valence-electron chi connectivity index (χ3n) is 3.95. The molecule has 1 aromatic heterocycles. The van der Waals surface area contributed by atoms with Gasteiger partial charge in [-0.05, 0) is 40.4 Å². The van der Waals surface area contributed by atoms with Crippen molar-refractivity contribution in [3.63, 3.8) is 0 Å². The molecule has 0 saturated heterocycles. The maximum Gasteiger partial charge on any atom is 0.224 e. The largest absolute Gasteiger partial charge is 0.618 e. The van der Waals surface area contributed by atoms with E-state index in [1.807, 2.05) is 36.4 Å². The van der Waals surface area contributed by atoms with Crippen molar-refractivity contribution in [2.24, 2.45) is 0 Å². The third-order valence-corrected chi connectivity index (χ3v) is 3.95. The lowest BCUT2D eigenvalue weighted by molar-refractivity contribution is -0.576. The van der Waals surface area contributed by atoms with Crippen LogP contribution in [0.3, 0.4) is 0 Å². The minimum atomic E-state index is 0.681. The summed E-state index contributed by atoms with van der Waals surface area (Å²) >= 11 is 0. The highest BCUT2D eigenvalue weighted by atomic mass is 16.5. The molecule has 3 heteroatoms. The van der Waals surface area contributed by atoms with Gasteiger partial charge in [-0.1, -0.05) is 18.2 Å². The van der Waals surface area contributed by atoms with Gasteiger partial charge in [0.05, 0.1) is 12.5 Å². The highest BCUT2D eigenvalue weighted by molar-refractivity contribution is 6.19. The van der Waals surface area contributed by atoms with Gasteiger partial charge < -0.3 is 9.94 Å². The Morgan fingerprint density at radius 1 is 0.905 bits per heavy atom. The first-order valence-corrected chi connectivity index (χ1v) is 6.79. The Kier molecular flexibility index (Phi) is 2.48. The van der Waals surface area contributed by atoms with Crippen molar-refractivity contribution in [2.45, 2.75) is 0 Å². The molecule has 3 nitrogen and oxygen atoms in total. The van der Waals surface area contributed by atoms with E-state index in [1.165, 1.54) is 6.20 Å². The molecule has 0 saturated carbocycles. The molecule has 0 radical (unpaired) electrons. The van der Waals surface area contributed by atoms with Crippen LogP contribution >= 0.6 is 0 Å². The van der Waals surface area contributed by atoms with Crippen molar-refractivity contribution >= 4 is 32.4 Å². The Labute approximate surface area is 121 Å². The Morgan fingerprint density at radius 2 is 1.67 bits per heavy atom. The van der Waals surface area contributed by atoms with E-state index in [0.29, 0.717) is 5.52 Å². The molecule has 4 aromatic rings. The molecule has 0 aliphatic carbocycles. The fourth-order valence-electron chi connectivity index (χ4n) is 2.93. The second-order valence-corrected chi connectivity index (χ2v) is 5.08. The van der Waals surface area contributed by atoms with Crippen LogP contribution in [-0.2, 0) is 0 Å². The summed E-state index contributed by atoms with van der Waals surface area (Å²) in [5.74, 6) is 0.818. The van der Waals surface area contributed by atoms with E-state index in [1.54, 1.807) is 13.2 Å². The number of hydrogen-bond acceptors (Lipinski definition) is 2. The summed E-state index contributed by atoms with van der Waals surface area (Å²) in [5, 5.41) is 17.4. The van der Waals surface area contributed by atoms with Crippen molar-refractivity contribution in [3.05, 3.63) is 66.0 Å². The standard InChI is InChI=1S/C18H13NO2/c1-21-14-8-6-12-4-5-13-7-9-17-15(3-2-10-19(17)20)18(13)16(12)11-14/h2-11H,1H3. The number of methoxy groups -OCH3 is 1. The van der Waals surface area contributed by atoms with Gasteiger partial charge in [0.1, 0.15) is 5.75 Å². The van der Waals surface area contributed by atoms with Crippen molar-refractivity contribution in [3.8, 4) is 5.75 Å². The number of hydrogen-bond donors (Lipinski definition) is 0. The number of rotatable bonds is 1. The van der Waals surface area contributed by atoms with E-state index < -0.39 is 0 Å². The summed E-state index contributed by atoms with van der Waals surface area (Å²) < 4.78 is 6.25. The molecule has 0 spiro atoms. The van der Waals surface area contributed by atoms with Gasteiger partial charge >= 0.3 is 0 Å².